The van der Waals surface area contributed by atoms with Crippen molar-refractivity contribution in [3.05, 3.63) is 53.7 Å². The lowest BCUT2D eigenvalue weighted by Gasteiger charge is -2.08. The van der Waals surface area contributed by atoms with Gasteiger partial charge in [-0.25, -0.2) is 4.98 Å². The fourth-order valence-corrected chi connectivity index (χ4v) is 2.65. The van der Waals surface area contributed by atoms with Gasteiger partial charge in [-0.05, 0) is 50.3 Å². The van der Waals surface area contributed by atoms with Gasteiger partial charge < -0.3 is 0 Å². The minimum absolute atomic E-state index is 0.110. The first-order chi connectivity index (χ1) is 10.3. The number of rotatable bonds is 4. The number of carbonyl (C=O) groups excluding carboxylic acids is 1. The van der Waals surface area contributed by atoms with Crippen LogP contribution in [0, 0.1) is 6.92 Å². The second kappa shape index (κ2) is 6.21. The molecule has 0 spiro atoms. The molecule has 0 aliphatic heterocycles. The molecule has 1 aromatic heterocycles. The maximum atomic E-state index is 11.5. The Balaban J connectivity index is 2.60. The Morgan fingerprint density at radius 1 is 1.23 bits per heavy atom. The third kappa shape index (κ3) is 3.87. The Bertz CT molecular complexity index is 854. The average Bonchev–Trinajstić information content (AvgIpc) is 2.44. The van der Waals surface area contributed by atoms with E-state index in [1.54, 1.807) is 36.4 Å². The Labute approximate surface area is 129 Å². The van der Waals surface area contributed by atoms with E-state index in [0.717, 1.165) is 5.56 Å². The summed E-state index contributed by atoms with van der Waals surface area (Å²) >= 11 is 0. The van der Waals surface area contributed by atoms with Gasteiger partial charge in [-0.2, -0.15) is 8.42 Å². The zero-order valence-electron chi connectivity index (χ0n) is 12.1. The fraction of sp³-hybridized carbons (Fsp3) is 0.125. The normalized spacial score (nSPS) is 11.8. The number of hydrogen-bond acceptors (Lipinski definition) is 4. The second-order valence-electron chi connectivity index (χ2n) is 4.87. The molecule has 0 radical (unpaired) electrons. The molecule has 1 N–H and O–H groups in total. The van der Waals surface area contributed by atoms with Crippen LogP contribution in [-0.4, -0.2) is 23.7 Å². The van der Waals surface area contributed by atoms with Crippen LogP contribution in [0.4, 0.5) is 0 Å². The van der Waals surface area contributed by atoms with E-state index < -0.39 is 10.1 Å². The number of carbonyl (C=O) groups is 1. The molecule has 5 nitrogen and oxygen atoms in total. The van der Waals surface area contributed by atoms with Crippen LogP contribution in [0.5, 0.6) is 0 Å². The molecule has 0 amide bonds. The molecule has 6 heteroatoms. The topological polar surface area (TPSA) is 84.3 Å². The molecule has 0 unspecified atom stereocenters. The molecule has 1 aromatic carbocycles. The smallest absolute Gasteiger partial charge is 0.295 e. The quantitative estimate of drug-likeness (QED) is 0.692. The van der Waals surface area contributed by atoms with Crippen LogP contribution in [0.15, 0.2) is 47.4 Å². The van der Waals surface area contributed by atoms with E-state index in [-0.39, 0.29) is 10.7 Å². The van der Waals surface area contributed by atoms with Crippen LogP contribution in [0.3, 0.4) is 0 Å². The first-order valence-electron chi connectivity index (χ1n) is 6.51. The summed E-state index contributed by atoms with van der Waals surface area (Å²) < 4.78 is 32.4. The van der Waals surface area contributed by atoms with Crippen LogP contribution in [0.1, 0.15) is 18.2 Å². The summed E-state index contributed by atoms with van der Waals surface area (Å²) in [6.07, 6.45) is 2.93. The number of aromatic nitrogens is 1. The van der Waals surface area contributed by atoms with E-state index in [1.165, 1.54) is 19.1 Å². The number of nitrogens with zero attached hydrogens (tertiary/aromatic N) is 1. The zero-order chi connectivity index (χ0) is 16.3. The number of ketones is 1. The second-order valence-corrected chi connectivity index (χ2v) is 6.26. The maximum absolute atomic E-state index is 11.5. The molecule has 1 heterocycles. The monoisotopic (exact) mass is 317 g/mol. The average molecular weight is 317 g/mol. The van der Waals surface area contributed by atoms with Gasteiger partial charge in [0, 0.05) is 5.56 Å². The molecule has 0 aliphatic rings. The lowest BCUT2D eigenvalue weighted by atomic mass is 10.1. The van der Waals surface area contributed by atoms with Crippen molar-refractivity contribution in [2.24, 2.45) is 0 Å². The third-order valence-electron chi connectivity index (χ3n) is 2.95. The van der Waals surface area contributed by atoms with Crippen LogP contribution >= 0.6 is 0 Å². The van der Waals surface area contributed by atoms with Gasteiger partial charge in [-0.1, -0.05) is 17.7 Å². The Hall–Kier alpha value is -2.31. The summed E-state index contributed by atoms with van der Waals surface area (Å²) in [6, 6.07) is 9.65. The number of benzene rings is 1. The molecule has 0 bridgehead atoms. The number of aryl methyl sites for hydroxylation is 1. The lowest BCUT2D eigenvalue weighted by molar-refractivity contribution is -0.112. The van der Waals surface area contributed by atoms with Gasteiger partial charge in [0.05, 0.1) is 11.4 Å². The van der Waals surface area contributed by atoms with E-state index in [2.05, 4.69) is 4.98 Å². The third-order valence-corrected chi connectivity index (χ3v) is 3.86. The van der Waals surface area contributed by atoms with Crippen LogP contribution in [-0.2, 0) is 14.9 Å². The standard InChI is InChI=1S/C16H15NO4S/c1-11-6-9-16(22(19,20)21)14(10-11)15-5-3-4-13(17-15)8-7-12(2)18/h3-10H,1-2H3,(H,19,20,21)/b8-7+. The lowest BCUT2D eigenvalue weighted by Crippen LogP contribution is -2.02. The Morgan fingerprint density at radius 2 is 1.95 bits per heavy atom. The summed E-state index contributed by atoms with van der Waals surface area (Å²) in [6.45, 7) is 3.24. The zero-order valence-corrected chi connectivity index (χ0v) is 13.0. The number of allylic oxidation sites excluding steroid dienone is 1. The highest BCUT2D eigenvalue weighted by Crippen LogP contribution is 2.27. The summed E-state index contributed by atoms with van der Waals surface area (Å²) in [5.74, 6) is -0.110. The molecule has 114 valence electrons. The highest BCUT2D eigenvalue weighted by atomic mass is 32.2. The first kappa shape index (κ1) is 16.1. The molecule has 0 saturated heterocycles. The van der Waals surface area contributed by atoms with Crippen molar-refractivity contribution in [2.45, 2.75) is 18.7 Å². The largest absolute Gasteiger partial charge is 0.295 e. The molecule has 0 saturated carbocycles. The summed E-state index contributed by atoms with van der Waals surface area (Å²) in [4.78, 5) is 15.1. The Kier molecular flexibility index (Phi) is 4.54. The van der Waals surface area contributed by atoms with E-state index in [9.17, 15) is 17.8 Å². The van der Waals surface area contributed by atoms with Crippen molar-refractivity contribution in [3.8, 4) is 11.3 Å². The van der Waals surface area contributed by atoms with Crippen LogP contribution in [0.2, 0.25) is 0 Å². The van der Waals surface area contributed by atoms with Crippen molar-refractivity contribution >= 4 is 22.0 Å². The Morgan fingerprint density at radius 3 is 2.59 bits per heavy atom. The van der Waals surface area contributed by atoms with E-state index >= 15 is 0 Å². The van der Waals surface area contributed by atoms with Gasteiger partial charge in [0.25, 0.3) is 10.1 Å². The maximum Gasteiger partial charge on any atom is 0.295 e. The van der Waals surface area contributed by atoms with Crippen molar-refractivity contribution in [3.63, 3.8) is 0 Å². The molecule has 0 atom stereocenters. The highest BCUT2D eigenvalue weighted by molar-refractivity contribution is 7.86. The van der Waals surface area contributed by atoms with Gasteiger partial charge in [0.1, 0.15) is 4.90 Å². The predicted octanol–water partition coefficient (Wildman–Crippen LogP) is 2.91. The molecule has 22 heavy (non-hydrogen) atoms. The minimum atomic E-state index is -4.35. The molecule has 2 rings (SSSR count). The van der Waals surface area contributed by atoms with Crippen LogP contribution in [0.25, 0.3) is 17.3 Å². The van der Waals surface area contributed by atoms with E-state index in [0.29, 0.717) is 17.0 Å². The van der Waals surface area contributed by atoms with Crippen LogP contribution < -0.4 is 0 Å². The number of pyridine rings is 1. The summed E-state index contributed by atoms with van der Waals surface area (Å²) in [7, 11) is -4.35. The van der Waals surface area contributed by atoms with Gasteiger partial charge >= 0.3 is 0 Å². The minimum Gasteiger partial charge on any atom is -0.295 e. The van der Waals surface area contributed by atoms with E-state index in [4.69, 9.17) is 0 Å². The SMILES string of the molecule is CC(=O)/C=C/c1cccc(-c2cc(C)ccc2S(=O)(=O)O)n1. The van der Waals surface area contributed by atoms with E-state index in [1.807, 2.05) is 6.92 Å². The molecule has 2 aromatic rings. The molecular weight excluding hydrogens is 302 g/mol. The molecule has 0 aliphatic carbocycles. The van der Waals surface area contributed by atoms with Gasteiger partial charge in [0.2, 0.25) is 0 Å². The fourth-order valence-electron chi connectivity index (χ4n) is 1.97. The van der Waals surface area contributed by atoms with Crippen molar-refractivity contribution in [1.29, 1.82) is 0 Å². The van der Waals surface area contributed by atoms with Crippen molar-refractivity contribution < 1.29 is 17.8 Å². The van der Waals surface area contributed by atoms with Gasteiger partial charge in [-0.3, -0.25) is 9.35 Å². The summed E-state index contributed by atoms with van der Waals surface area (Å²) in [5.41, 5.74) is 2.09. The van der Waals surface area contributed by atoms with Gasteiger partial charge in [-0.15, -0.1) is 0 Å². The summed E-state index contributed by atoms with van der Waals surface area (Å²) in [5, 5.41) is 0. The first-order valence-corrected chi connectivity index (χ1v) is 7.95. The van der Waals surface area contributed by atoms with Gasteiger partial charge in [0.15, 0.2) is 5.78 Å². The number of hydrogen-bond donors (Lipinski definition) is 1. The van der Waals surface area contributed by atoms with Crippen molar-refractivity contribution in [1.82, 2.24) is 4.98 Å². The van der Waals surface area contributed by atoms with Crippen molar-refractivity contribution in [2.75, 3.05) is 0 Å². The highest BCUT2D eigenvalue weighted by Gasteiger charge is 2.17. The molecule has 0 fully saturated rings. The predicted molar refractivity (Wildman–Crippen MR) is 83.9 cm³/mol. The molecular formula is C16H15NO4S.